The summed E-state index contributed by atoms with van der Waals surface area (Å²) < 4.78 is 24.4. The highest BCUT2D eigenvalue weighted by Gasteiger charge is 2.56. The van der Waals surface area contributed by atoms with Crippen LogP contribution in [0.4, 0.5) is 4.79 Å². The van der Waals surface area contributed by atoms with Gasteiger partial charge in [-0.15, -0.1) is 0 Å². The number of hydrogen-bond acceptors (Lipinski definition) is 4. The summed E-state index contributed by atoms with van der Waals surface area (Å²) in [6.07, 6.45) is 2.87. The molecule has 1 saturated carbocycles. The van der Waals surface area contributed by atoms with E-state index in [1.807, 2.05) is 20.8 Å². The summed E-state index contributed by atoms with van der Waals surface area (Å²) in [6.45, 7) is 6.94. The zero-order chi connectivity index (χ0) is 13.8. The average molecular weight is 274 g/mol. The second-order valence-electron chi connectivity index (χ2n) is 6.77. The molecule has 1 N–H and O–H groups in total. The van der Waals surface area contributed by atoms with Gasteiger partial charge in [0, 0.05) is 39.7 Å². The third-order valence-corrected chi connectivity index (χ3v) is 5.27. The lowest BCUT2D eigenvalue weighted by Crippen LogP contribution is -2.66. The lowest BCUT2D eigenvalue weighted by atomic mass is 9.63. The summed E-state index contributed by atoms with van der Waals surface area (Å²) in [4.78, 5) is 13.5. The first kappa shape index (κ1) is 13.6. The molecule has 1 atom stereocenters. The summed E-state index contributed by atoms with van der Waals surface area (Å²) in [5, 5.41) is 0.0123. The van der Waals surface area contributed by atoms with Gasteiger partial charge < -0.3 is 9.64 Å². The van der Waals surface area contributed by atoms with Gasteiger partial charge in [-0.3, -0.25) is 4.78 Å². The van der Waals surface area contributed by atoms with Crippen molar-refractivity contribution < 1.29 is 13.7 Å². The van der Waals surface area contributed by atoms with Gasteiger partial charge in [0.1, 0.15) is 5.60 Å². The van der Waals surface area contributed by atoms with Crippen molar-refractivity contribution in [2.24, 2.45) is 5.41 Å². The van der Waals surface area contributed by atoms with Gasteiger partial charge in [-0.25, -0.2) is 9.00 Å². The average Bonchev–Trinajstić information content (AvgIpc) is 1.90. The number of rotatable bonds is 1. The van der Waals surface area contributed by atoms with Crippen LogP contribution in [0, 0.1) is 10.2 Å². The Kier molecular flexibility index (Phi) is 2.92. The third-order valence-electron chi connectivity index (χ3n) is 3.66. The molecule has 1 unspecified atom stereocenters. The van der Waals surface area contributed by atoms with Gasteiger partial charge in [-0.1, -0.05) is 0 Å². The van der Waals surface area contributed by atoms with Crippen LogP contribution < -0.4 is 0 Å². The fourth-order valence-electron chi connectivity index (χ4n) is 2.70. The Morgan fingerprint density at radius 3 is 2.28 bits per heavy atom. The minimum atomic E-state index is -2.41. The number of ether oxygens (including phenoxy) is 1. The molecule has 0 bridgehead atoms. The molecular weight excluding hydrogens is 252 g/mol. The molecule has 5 nitrogen and oxygen atoms in total. The third kappa shape index (κ3) is 2.63. The van der Waals surface area contributed by atoms with Crippen molar-refractivity contribution in [3.05, 3.63) is 0 Å². The molecule has 1 aliphatic carbocycles. The van der Waals surface area contributed by atoms with Gasteiger partial charge in [0.15, 0.2) is 0 Å². The fraction of sp³-hybridized carbons (Fsp3) is 0.917. The molecule has 2 aliphatic rings. The van der Waals surface area contributed by atoms with E-state index in [1.54, 1.807) is 4.90 Å². The van der Waals surface area contributed by atoms with Gasteiger partial charge in [-0.05, 0) is 33.6 Å². The van der Waals surface area contributed by atoms with Crippen LogP contribution in [0.5, 0.6) is 0 Å². The van der Waals surface area contributed by atoms with E-state index in [0.717, 1.165) is 12.8 Å². The number of amides is 1. The number of nitrogens with one attached hydrogen (secondary N) is 1. The topological polar surface area (TPSA) is 70.5 Å². The molecule has 2 fully saturated rings. The van der Waals surface area contributed by atoms with Crippen LogP contribution in [0.15, 0.2) is 0 Å². The maximum Gasteiger partial charge on any atom is 0.410 e. The zero-order valence-electron chi connectivity index (χ0n) is 11.5. The summed E-state index contributed by atoms with van der Waals surface area (Å²) in [5.41, 5.74) is -0.331. The molecule has 0 aromatic heterocycles. The molecule has 2 rings (SSSR count). The number of carbonyl (C=O) groups is 1. The largest absolute Gasteiger partial charge is 0.444 e. The van der Waals surface area contributed by atoms with E-state index < -0.39 is 15.3 Å². The molecule has 1 heterocycles. The molecular formula is C12H22N2O3S. The molecule has 6 heteroatoms. The quantitative estimate of drug-likeness (QED) is 0.795. The highest BCUT2D eigenvalue weighted by Crippen LogP contribution is 2.51. The van der Waals surface area contributed by atoms with Gasteiger partial charge in [-0.2, -0.15) is 0 Å². The molecule has 0 aromatic rings. The lowest BCUT2D eigenvalue weighted by molar-refractivity contribution is -0.0667. The Morgan fingerprint density at radius 2 is 1.89 bits per heavy atom. The van der Waals surface area contributed by atoms with E-state index in [-0.39, 0.29) is 16.8 Å². The van der Waals surface area contributed by atoms with Crippen molar-refractivity contribution in [1.29, 1.82) is 4.78 Å². The first-order valence-corrected chi connectivity index (χ1v) is 8.24. The van der Waals surface area contributed by atoms with Gasteiger partial charge in [0.2, 0.25) is 0 Å². The van der Waals surface area contributed by atoms with Crippen molar-refractivity contribution in [2.45, 2.75) is 44.5 Å². The van der Waals surface area contributed by atoms with E-state index in [1.165, 1.54) is 6.26 Å². The van der Waals surface area contributed by atoms with Crippen LogP contribution in [0.2, 0.25) is 0 Å². The molecule has 18 heavy (non-hydrogen) atoms. The first-order chi connectivity index (χ1) is 8.01. The van der Waals surface area contributed by atoms with Crippen molar-refractivity contribution in [1.82, 2.24) is 4.90 Å². The zero-order valence-corrected chi connectivity index (χ0v) is 12.3. The van der Waals surface area contributed by atoms with Crippen molar-refractivity contribution in [2.75, 3.05) is 19.3 Å². The van der Waals surface area contributed by atoms with E-state index in [0.29, 0.717) is 13.1 Å². The maximum atomic E-state index is 11.8. The number of carbonyl (C=O) groups excluding carboxylic acids is 1. The Labute approximate surface area is 109 Å². The number of likely N-dealkylation sites (tertiary alicyclic amines) is 1. The molecule has 0 radical (unpaired) electrons. The van der Waals surface area contributed by atoms with Crippen molar-refractivity contribution in [3.63, 3.8) is 0 Å². The van der Waals surface area contributed by atoms with Crippen molar-refractivity contribution >= 4 is 15.8 Å². The molecule has 1 saturated heterocycles. The van der Waals surface area contributed by atoms with Crippen LogP contribution in [0.25, 0.3) is 0 Å². The van der Waals surface area contributed by atoms with Gasteiger partial charge >= 0.3 is 6.09 Å². The first-order valence-electron chi connectivity index (χ1n) is 6.21. The summed E-state index contributed by atoms with van der Waals surface area (Å²) in [6, 6.07) is 0. The lowest BCUT2D eigenvalue weighted by Gasteiger charge is -2.58. The molecule has 1 amide bonds. The number of nitrogens with zero attached hydrogens (tertiary/aromatic N) is 1. The highest BCUT2D eigenvalue weighted by atomic mass is 32.2. The predicted molar refractivity (Wildman–Crippen MR) is 70.0 cm³/mol. The Bertz CT molecular complexity index is 450. The smallest absolute Gasteiger partial charge is 0.410 e. The van der Waals surface area contributed by atoms with Crippen molar-refractivity contribution in [3.8, 4) is 0 Å². The maximum absolute atomic E-state index is 11.8. The van der Waals surface area contributed by atoms with Gasteiger partial charge in [0.25, 0.3) is 0 Å². The molecule has 1 aliphatic heterocycles. The second kappa shape index (κ2) is 3.85. The summed E-state index contributed by atoms with van der Waals surface area (Å²) in [5.74, 6) is 0. The predicted octanol–water partition coefficient (Wildman–Crippen LogP) is 2.06. The van der Waals surface area contributed by atoms with E-state index in [4.69, 9.17) is 9.52 Å². The highest BCUT2D eigenvalue weighted by molar-refractivity contribution is 7.92. The summed E-state index contributed by atoms with van der Waals surface area (Å²) in [7, 11) is -2.41. The normalized spacial score (nSPS) is 26.1. The van der Waals surface area contributed by atoms with E-state index in [9.17, 15) is 9.00 Å². The number of hydrogen-bond donors (Lipinski definition) is 1. The van der Waals surface area contributed by atoms with Crippen LogP contribution >= 0.6 is 0 Å². The van der Waals surface area contributed by atoms with E-state index in [2.05, 4.69) is 0 Å². The Morgan fingerprint density at radius 1 is 1.39 bits per heavy atom. The standard InChI is InChI=1S/C12H22N2O3S/c1-11(2,3)17-10(15)14-7-12(8-14)5-9(6-12)18(4,13)16/h9,13H,5-8H2,1-4H3. The van der Waals surface area contributed by atoms with E-state index >= 15 is 0 Å². The minimum Gasteiger partial charge on any atom is -0.444 e. The Hall–Kier alpha value is -0.780. The van der Waals surface area contributed by atoms with Crippen LogP contribution in [-0.4, -0.2) is 45.4 Å². The summed E-state index contributed by atoms with van der Waals surface area (Å²) >= 11 is 0. The second-order valence-corrected chi connectivity index (χ2v) is 9.25. The van der Waals surface area contributed by atoms with Crippen LogP contribution in [0.3, 0.4) is 0 Å². The van der Waals surface area contributed by atoms with Crippen LogP contribution in [0.1, 0.15) is 33.6 Å². The Balaban J connectivity index is 1.81. The fourth-order valence-corrected chi connectivity index (χ4v) is 4.04. The molecule has 1 spiro atoms. The molecule has 0 aromatic carbocycles. The minimum absolute atomic E-state index is 0.0123. The van der Waals surface area contributed by atoms with Gasteiger partial charge in [0.05, 0.1) is 0 Å². The SMILES string of the molecule is CC(C)(C)OC(=O)N1CC2(CC(S(C)(=N)=O)C2)C1. The monoisotopic (exact) mass is 274 g/mol. The molecule has 104 valence electrons. The van der Waals surface area contributed by atoms with Crippen LogP contribution in [-0.2, 0) is 14.5 Å².